The van der Waals surface area contributed by atoms with E-state index < -0.39 is 24.1 Å². The van der Waals surface area contributed by atoms with Crippen molar-refractivity contribution in [1.29, 1.82) is 5.26 Å². The lowest BCUT2D eigenvalue weighted by Crippen LogP contribution is -2.39. The molecule has 59 heavy (non-hydrogen) atoms. The number of carbonyl (C=O) groups is 6. The highest BCUT2D eigenvalue weighted by molar-refractivity contribution is 5.93. The number of carbonyl (C=O) groups excluding carboxylic acids is 7. The topological polar surface area (TPSA) is 300 Å². The average molecular weight is 813 g/mol. The molecule has 0 bridgehead atoms. The minimum Gasteiger partial charge on any atom is -0.338 e. The van der Waals surface area contributed by atoms with Crippen molar-refractivity contribution in [1.82, 2.24) is 42.5 Å². The fourth-order valence-corrected chi connectivity index (χ4v) is 4.84. The van der Waals surface area contributed by atoms with Crippen molar-refractivity contribution in [2.45, 2.75) is 25.7 Å². The van der Waals surface area contributed by atoms with Gasteiger partial charge in [0.1, 0.15) is 0 Å². The summed E-state index contributed by atoms with van der Waals surface area (Å²) in [6.07, 6.45) is 3.35. The summed E-state index contributed by atoms with van der Waals surface area (Å²) < 4.78 is 0. The van der Waals surface area contributed by atoms with Crippen LogP contribution < -0.4 is 63.8 Å². The van der Waals surface area contributed by atoms with Gasteiger partial charge >= 0.3 is 36.2 Å². The zero-order valence-electron chi connectivity index (χ0n) is 32.2. The molecule has 12 N–H and O–H groups in total. The largest absolute Gasteiger partial charge is 0.338 e. The third-order valence-corrected chi connectivity index (χ3v) is 7.61. The first-order chi connectivity index (χ1) is 28.6. The number of amides is 12. The summed E-state index contributed by atoms with van der Waals surface area (Å²) in [5, 5.41) is 41.0. The summed E-state index contributed by atoms with van der Waals surface area (Å²) in [5.41, 5.74) is 2.65. The van der Waals surface area contributed by atoms with Crippen LogP contribution in [-0.4, -0.2) is 94.6 Å². The second kappa shape index (κ2) is 26.9. The molecular weight excluding hydrogens is 765 g/mol. The van der Waals surface area contributed by atoms with E-state index in [1.54, 1.807) is 66.7 Å². The SMILES string of the molecule is N#Cc1cccc(NC(=O)NCCCNC(=O)NCCCNC(=O)Nc2cccc(NC(=O)NCCCNC(=O)NCCCNC(=O)Nc3cccc(N=C=O)c3)c2)c1. The number of aliphatic imine (C=N–C) groups is 1. The molecule has 3 aromatic rings. The van der Waals surface area contributed by atoms with Crippen molar-refractivity contribution in [3.05, 3.63) is 78.4 Å². The molecule has 0 unspecified atom stereocenters. The van der Waals surface area contributed by atoms with E-state index in [0.717, 1.165) is 0 Å². The fourth-order valence-electron chi connectivity index (χ4n) is 4.84. The molecule has 0 saturated heterocycles. The van der Waals surface area contributed by atoms with Crippen LogP contribution in [0.25, 0.3) is 0 Å². The molecule has 0 heterocycles. The molecule has 3 rings (SSSR count). The van der Waals surface area contributed by atoms with Gasteiger partial charge in [-0.05, 0) is 80.3 Å². The highest BCUT2D eigenvalue weighted by atomic mass is 16.2. The van der Waals surface area contributed by atoms with Crippen LogP contribution in [0.3, 0.4) is 0 Å². The maximum absolute atomic E-state index is 12.3. The molecule has 0 fully saturated rings. The van der Waals surface area contributed by atoms with Crippen molar-refractivity contribution in [2.24, 2.45) is 4.99 Å². The highest BCUT2D eigenvalue weighted by Crippen LogP contribution is 2.17. The molecule has 0 aliphatic heterocycles. The quantitative estimate of drug-likeness (QED) is 0.0428. The van der Waals surface area contributed by atoms with Gasteiger partial charge in [0.15, 0.2) is 0 Å². The number of isocyanates is 1. The lowest BCUT2D eigenvalue weighted by atomic mass is 10.2. The van der Waals surface area contributed by atoms with E-state index in [9.17, 15) is 33.6 Å². The number of nitrogens with zero attached hydrogens (tertiary/aromatic N) is 2. The van der Waals surface area contributed by atoms with Gasteiger partial charge in [-0.1, -0.05) is 18.2 Å². The van der Waals surface area contributed by atoms with Crippen molar-refractivity contribution in [3.63, 3.8) is 0 Å². The predicted octanol–water partition coefficient (Wildman–Crippen LogP) is 3.57. The minimum absolute atomic E-state index is 0.284. The van der Waals surface area contributed by atoms with Gasteiger partial charge in [-0.2, -0.15) is 10.3 Å². The Bertz CT molecular complexity index is 1970. The lowest BCUT2D eigenvalue weighted by molar-refractivity contribution is 0.239. The molecule has 0 spiro atoms. The number of hydrogen-bond acceptors (Lipinski definition) is 9. The second-order valence-electron chi connectivity index (χ2n) is 12.3. The molecule has 21 nitrogen and oxygen atoms in total. The van der Waals surface area contributed by atoms with Gasteiger partial charge in [0.05, 0.1) is 17.3 Å². The number of hydrogen-bond donors (Lipinski definition) is 12. The molecular formula is C38H48N14O7. The van der Waals surface area contributed by atoms with Gasteiger partial charge in [0, 0.05) is 75.1 Å². The molecule has 0 atom stereocenters. The average Bonchev–Trinajstić information content (AvgIpc) is 3.20. The van der Waals surface area contributed by atoms with E-state index in [0.29, 0.717) is 99.0 Å². The van der Waals surface area contributed by atoms with Gasteiger partial charge in [-0.3, -0.25) is 0 Å². The molecule has 0 saturated carbocycles. The number of benzene rings is 3. The lowest BCUT2D eigenvalue weighted by Gasteiger charge is -2.11. The van der Waals surface area contributed by atoms with E-state index in [2.05, 4.69) is 68.8 Å². The highest BCUT2D eigenvalue weighted by Gasteiger charge is 2.08. The molecule has 0 aliphatic rings. The Morgan fingerprint density at radius 3 is 1.14 bits per heavy atom. The van der Waals surface area contributed by atoms with Gasteiger partial charge in [0.25, 0.3) is 0 Å². The van der Waals surface area contributed by atoms with Crippen molar-refractivity contribution < 1.29 is 33.6 Å². The molecule has 12 amide bonds. The van der Waals surface area contributed by atoms with E-state index in [1.165, 1.54) is 12.1 Å². The summed E-state index contributed by atoms with van der Waals surface area (Å²) in [6, 6.07) is 18.9. The van der Waals surface area contributed by atoms with E-state index in [4.69, 9.17) is 5.26 Å². The standard InChI is InChI=1S/C38H48N14O7/c39-25-27-8-1-10-29(22-27)49-35(56)44-18-4-14-40-33(54)42-16-6-20-46-37(58)51-31-12-3-13-32(24-31)52-38(59)47-21-7-17-43-34(55)41-15-5-19-45-36(57)50-30-11-2-9-28(23-30)48-26-53/h1-3,8-13,22-24H,4-7,14-21H2,(H2,40,42,54)(H2,41,43,55)(H2,44,49,56)(H2,45,50,57)(H2,46,51,58)(H2,47,52,59). The smallest absolute Gasteiger partial charge is 0.319 e. The summed E-state index contributed by atoms with van der Waals surface area (Å²) in [7, 11) is 0. The third kappa shape index (κ3) is 20.6. The maximum atomic E-state index is 12.3. The Kier molecular flexibility index (Phi) is 20.7. The van der Waals surface area contributed by atoms with Crippen LogP contribution in [0, 0.1) is 11.3 Å². The van der Waals surface area contributed by atoms with Crippen LogP contribution >= 0.6 is 0 Å². The Hall–Kier alpha value is -7.85. The number of anilines is 4. The van der Waals surface area contributed by atoms with Crippen LogP contribution in [0.2, 0.25) is 0 Å². The monoisotopic (exact) mass is 812 g/mol. The predicted molar refractivity (Wildman–Crippen MR) is 221 cm³/mol. The molecule has 21 heteroatoms. The second-order valence-corrected chi connectivity index (χ2v) is 12.3. The molecule has 312 valence electrons. The van der Waals surface area contributed by atoms with E-state index >= 15 is 0 Å². The van der Waals surface area contributed by atoms with Crippen LogP contribution in [0.15, 0.2) is 77.8 Å². The number of nitriles is 1. The third-order valence-electron chi connectivity index (χ3n) is 7.61. The van der Waals surface area contributed by atoms with Gasteiger partial charge < -0.3 is 63.8 Å². The zero-order valence-corrected chi connectivity index (χ0v) is 32.2. The Balaban J connectivity index is 1.15. The Morgan fingerprint density at radius 2 is 0.763 bits per heavy atom. The fraction of sp³-hybridized carbons (Fsp3) is 0.316. The van der Waals surface area contributed by atoms with Crippen LogP contribution in [0.4, 0.5) is 57.2 Å². The van der Waals surface area contributed by atoms with Crippen molar-refractivity contribution in [2.75, 3.05) is 73.6 Å². The molecule has 0 aromatic heterocycles. The molecule has 0 aliphatic carbocycles. The zero-order chi connectivity index (χ0) is 42.5. The summed E-state index contributed by atoms with van der Waals surface area (Å²) in [4.78, 5) is 86.6. The van der Waals surface area contributed by atoms with Gasteiger partial charge in [-0.25, -0.2) is 33.6 Å². The van der Waals surface area contributed by atoms with E-state index in [1.807, 2.05) is 6.07 Å². The van der Waals surface area contributed by atoms with Gasteiger partial charge in [-0.15, -0.1) is 0 Å². The van der Waals surface area contributed by atoms with Crippen molar-refractivity contribution in [3.8, 4) is 6.07 Å². The van der Waals surface area contributed by atoms with Crippen LogP contribution in [0.1, 0.15) is 31.2 Å². The summed E-state index contributed by atoms with van der Waals surface area (Å²) >= 11 is 0. The molecule has 0 radical (unpaired) electrons. The number of rotatable bonds is 21. The number of urea groups is 6. The number of nitrogens with one attached hydrogen (secondary N) is 12. The first-order valence-corrected chi connectivity index (χ1v) is 18.6. The first kappa shape index (κ1) is 45.5. The van der Waals surface area contributed by atoms with Crippen LogP contribution in [-0.2, 0) is 4.79 Å². The first-order valence-electron chi connectivity index (χ1n) is 18.6. The summed E-state index contributed by atoms with van der Waals surface area (Å²) in [5.74, 6) is 0. The van der Waals surface area contributed by atoms with Gasteiger partial charge in [0.2, 0.25) is 6.08 Å². The normalized spacial score (nSPS) is 9.88. The van der Waals surface area contributed by atoms with Crippen LogP contribution in [0.5, 0.6) is 0 Å². The molecule has 3 aromatic carbocycles. The Morgan fingerprint density at radius 1 is 0.441 bits per heavy atom. The van der Waals surface area contributed by atoms with Crippen molar-refractivity contribution >= 4 is 70.7 Å². The van der Waals surface area contributed by atoms with E-state index in [-0.39, 0.29) is 25.2 Å². The Labute approximate surface area is 340 Å². The maximum Gasteiger partial charge on any atom is 0.319 e. The summed E-state index contributed by atoms with van der Waals surface area (Å²) in [6.45, 7) is 2.48. The minimum atomic E-state index is -0.467.